The normalized spacial score (nSPS) is 16.6. The van der Waals surface area contributed by atoms with Gasteiger partial charge in [0.05, 0.1) is 23.5 Å². The molecule has 0 bridgehead atoms. The molecule has 0 saturated heterocycles. The van der Waals surface area contributed by atoms with Crippen molar-refractivity contribution < 1.29 is 0 Å². The summed E-state index contributed by atoms with van der Waals surface area (Å²) in [6.07, 6.45) is 8.47. The zero-order valence-electron chi connectivity index (χ0n) is 19.0. The van der Waals surface area contributed by atoms with Crippen LogP contribution in [0.25, 0.3) is 44.3 Å². The molecule has 1 aromatic heterocycles. The number of nitrogens with zero attached hydrogens (tertiary/aromatic N) is 4. The highest BCUT2D eigenvalue weighted by atomic mass is 15.3. The molecule has 2 aliphatic rings. The second kappa shape index (κ2) is 8.03. The van der Waals surface area contributed by atoms with E-state index >= 15 is 0 Å². The predicted molar refractivity (Wildman–Crippen MR) is 143 cm³/mol. The third-order valence-corrected chi connectivity index (χ3v) is 6.76. The average Bonchev–Trinajstić information content (AvgIpc) is 3.37. The molecular weight excluding hydrogens is 428 g/mol. The molecule has 5 aromatic rings. The molecular formula is C31H22N4. The number of rotatable bonds is 3. The van der Waals surface area contributed by atoms with Gasteiger partial charge in [0.1, 0.15) is 6.17 Å². The lowest BCUT2D eigenvalue weighted by atomic mass is 10.0. The number of fused-ring (bicyclic) bond motifs is 3. The Hall–Kier alpha value is -4.57. The summed E-state index contributed by atoms with van der Waals surface area (Å²) in [6.45, 7) is 0.826. The Kier molecular flexibility index (Phi) is 4.56. The van der Waals surface area contributed by atoms with Crippen LogP contribution >= 0.6 is 0 Å². The predicted octanol–water partition coefficient (Wildman–Crippen LogP) is 6.63. The van der Waals surface area contributed by atoms with Gasteiger partial charge in [-0.25, -0.2) is 9.97 Å². The summed E-state index contributed by atoms with van der Waals surface area (Å²) in [7, 11) is 0. The van der Waals surface area contributed by atoms with Crippen molar-refractivity contribution in [1.82, 2.24) is 14.9 Å². The van der Waals surface area contributed by atoms with E-state index in [4.69, 9.17) is 15.0 Å². The van der Waals surface area contributed by atoms with Gasteiger partial charge in [0.25, 0.3) is 0 Å². The highest BCUT2D eigenvalue weighted by Gasteiger charge is 2.23. The molecule has 0 aliphatic carbocycles. The first-order valence-corrected chi connectivity index (χ1v) is 11.9. The molecule has 35 heavy (non-hydrogen) atoms. The van der Waals surface area contributed by atoms with Crippen molar-refractivity contribution in [2.24, 2.45) is 4.99 Å². The van der Waals surface area contributed by atoms with Crippen molar-refractivity contribution in [1.29, 1.82) is 0 Å². The third kappa shape index (κ3) is 3.42. The van der Waals surface area contributed by atoms with Gasteiger partial charge < -0.3 is 4.90 Å². The maximum atomic E-state index is 5.11. The van der Waals surface area contributed by atoms with E-state index in [1.54, 1.807) is 0 Å². The zero-order valence-corrected chi connectivity index (χ0v) is 19.0. The molecule has 4 heteroatoms. The SMILES string of the molecule is C1=CC2N=C(c3ccc(-c4nc(-c5cccc6ccccc56)nc5ccccc45)cc3)CN2C=C1. The molecule has 166 valence electrons. The summed E-state index contributed by atoms with van der Waals surface area (Å²) in [4.78, 5) is 17.2. The van der Waals surface area contributed by atoms with E-state index in [1.807, 2.05) is 12.1 Å². The minimum absolute atomic E-state index is 0.115. The first-order valence-electron chi connectivity index (χ1n) is 11.9. The molecule has 2 aliphatic heterocycles. The largest absolute Gasteiger partial charge is 0.347 e. The second-order valence-corrected chi connectivity index (χ2v) is 8.91. The number of hydrogen-bond donors (Lipinski definition) is 0. The Balaban J connectivity index is 1.33. The standard InChI is InChI=1S/C31H22N4/c1-2-10-24-21(8-1)9-7-12-25(24)31-33-27-13-4-3-11-26(27)30(34-31)23-17-15-22(16-18-23)28-20-35-19-6-5-14-29(35)32-28/h1-19,29H,20H2. The van der Waals surface area contributed by atoms with Crippen molar-refractivity contribution in [3.63, 3.8) is 0 Å². The molecule has 0 spiro atoms. The Bertz CT molecular complexity index is 1670. The van der Waals surface area contributed by atoms with Crippen molar-refractivity contribution in [3.8, 4) is 22.6 Å². The van der Waals surface area contributed by atoms with Crippen molar-refractivity contribution in [2.75, 3.05) is 6.54 Å². The summed E-state index contributed by atoms with van der Waals surface area (Å²) < 4.78 is 0. The number of benzene rings is 4. The van der Waals surface area contributed by atoms with Gasteiger partial charge in [0, 0.05) is 22.7 Å². The van der Waals surface area contributed by atoms with Crippen molar-refractivity contribution in [2.45, 2.75) is 6.17 Å². The van der Waals surface area contributed by atoms with Gasteiger partial charge in [-0.15, -0.1) is 0 Å². The number of hydrogen-bond acceptors (Lipinski definition) is 4. The lowest BCUT2D eigenvalue weighted by Gasteiger charge is -2.19. The molecule has 1 unspecified atom stereocenters. The number of aromatic nitrogens is 2. The molecule has 0 fully saturated rings. The summed E-state index contributed by atoms with van der Waals surface area (Å²) in [5.41, 5.74) is 6.27. The first kappa shape index (κ1) is 19.9. The fourth-order valence-electron chi connectivity index (χ4n) is 4.98. The summed E-state index contributed by atoms with van der Waals surface area (Å²) in [5, 5.41) is 3.39. The monoisotopic (exact) mass is 450 g/mol. The van der Waals surface area contributed by atoms with E-state index in [-0.39, 0.29) is 6.17 Å². The van der Waals surface area contributed by atoms with Crippen LogP contribution in [-0.2, 0) is 0 Å². The number of aliphatic imine (C=N–C) groups is 1. The average molecular weight is 451 g/mol. The van der Waals surface area contributed by atoms with Crippen LogP contribution < -0.4 is 0 Å². The Morgan fingerprint density at radius 1 is 0.686 bits per heavy atom. The number of para-hydroxylation sites is 1. The molecule has 0 radical (unpaired) electrons. The molecule has 3 heterocycles. The van der Waals surface area contributed by atoms with E-state index in [1.165, 1.54) is 5.39 Å². The zero-order chi connectivity index (χ0) is 23.2. The van der Waals surface area contributed by atoms with Crippen LogP contribution in [0.2, 0.25) is 0 Å². The Morgan fingerprint density at radius 2 is 1.46 bits per heavy atom. The second-order valence-electron chi connectivity index (χ2n) is 8.91. The van der Waals surface area contributed by atoms with Crippen LogP contribution in [0.15, 0.2) is 120 Å². The van der Waals surface area contributed by atoms with Crippen LogP contribution in [0, 0.1) is 0 Å². The van der Waals surface area contributed by atoms with E-state index in [0.717, 1.165) is 56.8 Å². The van der Waals surface area contributed by atoms with Gasteiger partial charge in [0.15, 0.2) is 5.82 Å². The minimum atomic E-state index is 0.115. The number of allylic oxidation sites excluding steroid dienone is 2. The van der Waals surface area contributed by atoms with Crippen molar-refractivity contribution >= 4 is 27.4 Å². The van der Waals surface area contributed by atoms with Crippen LogP contribution in [0.1, 0.15) is 5.56 Å². The van der Waals surface area contributed by atoms with Gasteiger partial charge in [-0.2, -0.15) is 0 Å². The first-order chi connectivity index (χ1) is 17.3. The minimum Gasteiger partial charge on any atom is -0.347 e. The maximum Gasteiger partial charge on any atom is 0.161 e. The van der Waals surface area contributed by atoms with Gasteiger partial charge in [0.2, 0.25) is 0 Å². The van der Waals surface area contributed by atoms with Crippen LogP contribution in [0.4, 0.5) is 0 Å². The van der Waals surface area contributed by atoms with Crippen LogP contribution in [-0.4, -0.2) is 33.3 Å². The van der Waals surface area contributed by atoms with Gasteiger partial charge in [-0.3, -0.25) is 4.99 Å². The highest BCUT2D eigenvalue weighted by Crippen LogP contribution is 2.32. The topological polar surface area (TPSA) is 41.4 Å². The summed E-state index contributed by atoms with van der Waals surface area (Å²) in [5.74, 6) is 0.746. The third-order valence-electron chi connectivity index (χ3n) is 6.76. The molecule has 0 saturated carbocycles. The summed E-state index contributed by atoms with van der Waals surface area (Å²) >= 11 is 0. The highest BCUT2D eigenvalue weighted by molar-refractivity contribution is 6.04. The maximum absolute atomic E-state index is 5.11. The fraction of sp³-hybridized carbons (Fsp3) is 0.0645. The fourth-order valence-corrected chi connectivity index (χ4v) is 4.98. The smallest absolute Gasteiger partial charge is 0.161 e. The van der Waals surface area contributed by atoms with Crippen LogP contribution in [0.5, 0.6) is 0 Å². The molecule has 7 rings (SSSR count). The molecule has 0 amide bonds. The molecule has 4 aromatic carbocycles. The quantitative estimate of drug-likeness (QED) is 0.310. The van der Waals surface area contributed by atoms with Gasteiger partial charge in [-0.05, 0) is 34.6 Å². The van der Waals surface area contributed by atoms with E-state index in [2.05, 4.69) is 108 Å². The van der Waals surface area contributed by atoms with E-state index < -0.39 is 0 Å². The lowest BCUT2D eigenvalue weighted by molar-refractivity contribution is 0.393. The molecule has 0 N–H and O–H groups in total. The lowest BCUT2D eigenvalue weighted by Crippen LogP contribution is -2.25. The van der Waals surface area contributed by atoms with Crippen LogP contribution in [0.3, 0.4) is 0 Å². The van der Waals surface area contributed by atoms with Crippen molar-refractivity contribution in [3.05, 3.63) is 121 Å². The molecule has 4 nitrogen and oxygen atoms in total. The van der Waals surface area contributed by atoms with Gasteiger partial charge >= 0.3 is 0 Å². The Labute approximate surface area is 203 Å². The van der Waals surface area contributed by atoms with E-state index in [0.29, 0.717) is 0 Å². The summed E-state index contributed by atoms with van der Waals surface area (Å²) in [6, 6.07) is 31.6. The van der Waals surface area contributed by atoms with Gasteiger partial charge in [-0.1, -0.05) is 91.0 Å². The van der Waals surface area contributed by atoms with E-state index in [9.17, 15) is 0 Å². The molecule has 1 atom stereocenters. The Morgan fingerprint density at radius 3 is 2.34 bits per heavy atom.